The van der Waals surface area contributed by atoms with Crippen LogP contribution in [0, 0.1) is 5.92 Å². The smallest absolute Gasteiger partial charge is 0.0143 e. The first-order valence-electron chi connectivity index (χ1n) is 4.58. The van der Waals surface area contributed by atoms with Crippen molar-refractivity contribution in [1.82, 2.24) is 5.32 Å². The molecule has 0 aliphatic rings. The van der Waals surface area contributed by atoms with Gasteiger partial charge in [-0.1, -0.05) is 27.4 Å². The fraction of sp³-hybridized carbons (Fsp3) is 0.800. The molecule has 66 valence electrons. The fourth-order valence-corrected chi connectivity index (χ4v) is 0.900. The maximum absolute atomic E-state index is 3.88. The van der Waals surface area contributed by atoms with E-state index in [1.54, 1.807) is 0 Å². The Morgan fingerprint density at radius 2 is 2.09 bits per heavy atom. The molecule has 0 aliphatic heterocycles. The Hall–Kier alpha value is -0.460. The van der Waals surface area contributed by atoms with Gasteiger partial charge in [-0.3, -0.25) is 0 Å². The normalized spacial score (nSPS) is 10.2. The molecule has 0 aliphatic carbocycles. The van der Waals surface area contributed by atoms with Crippen LogP contribution in [0.2, 0.25) is 0 Å². The number of hydrogen-bond acceptors (Lipinski definition) is 1. The Bertz CT molecular complexity index is 105. The predicted molar refractivity (Wildman–Crippen MR) is 51.5 cm³/mol. The van der Waals surface area contributed by atoms with Crippen molar-refractivity contribution in [2.24, 2.45) is 5.92 Å². The standard InChI is InChI=1S/C10H21N/c1-5-10(4)11-8-6-7-9(2)3/h9,11H,4-8H2,1-3H3. The maximum atomic E-state index is 3.88. The molecule has 0 saturated heterocycles. The SMILES string of the molecule is C=C(CC)NCCCC(C)C. The van der Waals surface area contributed by atoms with Crippen LogP contribution in [0.3, 0.4) is 0 Å². The molecule has 0 fully saturated rings. The van der Waals surface area contributed by atoms with Gasteiger partial charge in [0.15, 0.2) is 0 Å². The topological polar surface area (TPSA) is 12.0 Å². The second-order valence-corrected chi connectivity index (χ2v) is 3.42. The maximum Gasteiger partial charge on any atom is 0.0143 e. The molecule has 0 amide bonds. The molecule has 1 heteroatoms. The molecule has 11 heavy (non-hydrogen) atoms. The quantitative estimate of drug-likeness (QED) is 0.581. The third kappa shape index (κ3) is 7.44. The summed E-state index contributed by atoms with van der Waals surface area (Å²) in [6.45, 7) is 11.6. The van der Waals surface area contributed by atoms with E-state index in [-0.39, 0.29) is 0 Å². The van der Waals surface area contributed by atoms with Crippen LogP contribution in [-0.4, -0.2) is 6.54 Å². The summed E-state index contributed by atoms with van der Waals surface area (Å²) in [5, 5.41) is 3.29. The van der Waals surface area contributed by atoms with Gasteiger partial charge in [-0.05, 0) is 25.2 Å². The molecular formula is C10H21N. The average molecular weight is 155 g/mol. The second-order valence-electron chi connectivity index (χ2n) is 3.42. The Balaban J connectivity index is 3.08. The van der Waals surface area contributed by atoms with E-state index in [4.69, 9.17) is 0 Å². The zero-order valence-corrected chi connectivity index (χ0v) is 8.11. The first-order valence-corrected chi connectivity index (χ1v) is 4.58. The van der Waals surface area contributed by atoms with Crippen molar-refractivity contribution in [1.29, 1.82) is 0 Å². The van der Waals surface area contributed by atoms with Gasteiger partial charge >= 0.3 is 0 Å². The van der Waals surface area contributed by atoms with Crippen molar-refractivity contribution < 1.29 is 0 Å². The van der Waals surface area contributed by atoms with Gasteiger partial charge in [-0.25, -0.2) is 0 Å². The van der Waals surface area contributed by atoms with Gasteiger partial charge in [0.2, 0.25) is 0 Å². The van der Waals surface area contributed by atoms with Gasteiger partial charge in [0.25, 0.3) is 0 Å². The van der Waals surface area contributed by atoms with Gasteiger partial charge in [-0.15, -0.1) is 0 Å². The van der Waals surface area contributed by atoms with E-state index in [0.717, 1.165) is 24.6 Å². The second kappa shape index (κ2) is 6.26. The first kappa shape index (κ1) is 10.5. The summed E-state index contributed by atoms with van der Waals surface area (Å²) in [5.41, 5.74) is 1.16. The molecule has 0 saturated carbocycles. The Morgan fingerprint density at radius 3 is 2.55 bits per heavy atom. The van der Waals surface area contributed by atoms with Crippen LogP contribution in [-0.2, 0) is 0 Å². The molecular weight excluding hydrogens is 134 g/mol. The summed E-state index contributed by atoms with van der Waals surface area (Å²) in [7, 11) is 0. The minimum absolute atomic E-state index is 0.826. The highest BCUT2D eigenvalue weighted by Gasteiger charge is 1.93. The molecule has 1 N–H and O–H groups in total. The van der Waals surface area contributed by atoms with E-state index < -0.39 is 0 Å². The largest absolute Gasteiger partial charge is 0.389 e. The van der Waals surface area contributed by atoms with Crippen LogP contribution >= 0.6 is 0 Å². The molecule has 0 radical (unpaired) electrons. The van der Waals surface area contributed by atoms with Crippen LogP contribution in [0.4, 0.5) is 0 Å². The minimum atomic E-state index is 0.826. The van der Waals surface area contributed by atoms with Crippen LogP contribution in [0.25, 0.3) is 0 Å². The van der Waals surface area contributed by atoms with E-state index in [0.29, 0.717) is 0 Å². The van der Waals surface area contributed by atoms with E-state index in [2.05, 4.69) is 32.7 Å². The molecule has 0 spiro atoms. The van der Waals surface area contributed by atoms with Crippen LogP contribution in [0.5, 0.6) is 0 Å². The number of allylic oxidation sites excluding steroid dienone is 1. The molecule has 0 bridgehead atoms. The van der Waals surface area contributed by atoms with Gasteiger partial charge < -0.3 is 5.32 Å². The Kier molecular flexibility index (Phi) is 6.00. The summed E-state index contributed by atoms with van der Waals surface area (Å²) >= 11 is 0. The van der Waals surface area contributed by atoms with Crippen molar-refractivity contribution in [3.8, 4) is 0 Å². The zero-order valence-electron chi connectivity index (χ0n) is 8.11. The molecule has 0 aromatic carbocycles. The van der Waals surface area contributed by atoms with Crippen molar-refractivity contribution in [2.45, 2.75) is 40.0 Å². The highest BCUT2D eigenvalue weighted by Crippen LogP contribution is 2.02. The molecule has 1 nitrogen and oxygen atoms in total. The van der Waals surface area contributed by atoms with E-state index >= 15 is 0 Å². The monoisotopic (exact) mass is 155 g/mol. The summed E-state index contributed by atoms with van der Waals surface area (Å²) in [5.74, 6) is 0.826. The van der Waals surface area contributed by atoms with Crippen LogP contribution in [0.15, 0.2) is 12.3 Å². The lowest BCUT2D eigenvalue weighted by atomic mass is 10.1. The van der Waals surface area contributed by atoms with Crippen LogP contribution in [0.1, 0.15) is 40.0 Å². The van der Waals surface area contributed by atoms with E-state index in [1.165, 1.54) is 12.8 Å². The van der Waals surface area contributed by atoms with E-state index in [1.807, 2.05) is 0 Å². The van der Waals surface area contributed by atoms with Crippen LogP contribution < -0.4 is 5.32 Å². The van der Waals surface area contributed by atoms with Crippen molar-refractivity contribution in [3.63, 3.8) is 0 Å². The summed E-state index contributed by atoms with van der Waals surface area (Å²) < 4.78 is 0. The lowest BCUT2D eigenvalue weighted by Crippen LogP contribution is -2.13. The molecule has 0 atom stereocenters. The lowest BCUT2D eigenvalue weighted by molar-refractivity contribution is 0.541. The van der Waals surface area contributed by atoms with Gasteiger partial charge in [0.05, 0.1) is 0 Å². The zero-order chi connectivity index (χ0) is 8.69. The third-order valence-corrected chi connectivity index (χ3v) is 1.76. The van der Waals surface area contributed by atoms with E-state index in [9.17, 15) is 0 Å². The number of nitrogens with one attached hydrogen (secondary N) is 1. The first-order chi connectivity index (χ1) is 5.16. The molecule has 0 aromatic heterocycles. The minimum Gasteiger partial charge on any atom is -0.389 e. The van der Waals surface area contributed by atoms with Gasteiger partial charge in [0.1, 0.15) is 0 Å². The Morgan fingerprint density at radius 1 is 1.45 bits per heavy atom. The number of rotatable bonds is 6. The van der Waals surface area contributed by atoms with Gasteiger partial charge in [-0.2, -0.15) is 0 Å². The highest BCUT2D eigenvalue weighted by atomic mass is 14.9. The average Bonchev–Trinajstić information content (AvgIpc) is 1.97. The predicted octanol–water partition coefficient (Wildman–Crippen LogP) is 2.94. The molecule has 0 rings (SSSR count). The summed E-state index contributed by atoms with van der Waals surface area (Å²) in [6, 6.07) is 0. The molecule has 0 aromatic rings. The van der Waals surface area contributed by atoms with Crippen molar-refractivity contribution >= 4 is 0 Å². The third-order valence-electron chi connectivity index (χ3n) is 1.76. The van der Waals surface area contributed by atoms with Gasteiger partial charge in [0, 0.05) is 12.2 Å². The highest BCUT2D eigenvalue weighted by molar-refractivity contribution is 4.88. The summed E-state index contributed by atoms with van der Waals surface area (Å²) in [6.07, 6.45) is 3.61. The lowest BCUT2D eigenvalue weighted by Gasteiger charge is -2.08. The number of hydrogen-bond donors (Lipinski definition) is 1. The Labute approximate surface area is 70.9 Å². The molecule has 0 unspecified atom stereocenters. The summed E-state index contributed by atoms with van der Waals surface area (Å²) in [4.78, 5) is 0. The van der Waals surface area contributed by atoms with Crippen molar-refractivity contribution in [2.75, 3.05) is 6.54 Å². The molecule has 0 heterocycles. The fourth-order valence-electron chi connectivity index (χ4n) is 0.900. The van der Waals surface area contributed by atoms with Crippen molar-refractivity contribution in [3.05, 3.63) is 12.3 Å².